The minimum atomic E-state index is -0.947. The predicted molar refractivity (Wildman–Crippen MR) is 81.3 cm³/mol. The maximum Gasteiger partial charge on any atom is 0.335 e. The molecule has 4 nitrogen and oxygen atoms in total. The van der Waals surface area contributed by atoms with Crippen LogP contribution in [0.4, 0.5) is 0 Å². The van der Waals surface area contributed by atoms with Crippen LogP contribution in [0.25, 0.3) is 0 Å². The Morgan fingerprint density at radius 3 is 2.40 bits per heavy atom. The summed E-state index contributed by atoms with van der Waals surface area (Å²) in [5.41, 5.74) is 0.251. The van der Waals surface area contributed by atoms with E-state index >= 15 is 0 Å². The third kappa shape index (κ3) is 5.25. The second kappa shape index (κ2) is 8.64. The van der Waals surface area contributed by atoms with Crippen LogP contribution in [-0.4, -0.2) is 40.7 Å². The van der Waals surface area contributed by atoms with Gasteiger partial charge in [0.25, 0.3) is 0 Å². The van der Waals surface area contributed by atoms with E-state index in [0.717, 1.165) is 30.8 Å². The lowest BCUT2D eigenvalue weighted by Crippen LogP contribution is -2.33. The fourth-order valence-corrected chi connectivity index (χ4v) is 2.71. The first kappa shape index (κ1) is 16.6. The molecule has 0 aliphatic heterocycles. The summed E-state index contributed by atoms with van der Waals surface area (Å²) >= 11 is 1.39. The molecule has 0 atom stereocenters. The maximum atomic E-state index is 12.1. The number of nitrogens with zero attached hydrogens (tertiary/aromatic N) is 1. The van der Waals surface area contributed by atoms with Crippen molar-refractivity contribution in [2.75, 3.05) is 18.8 Å². The van der Waals surface area contributed by atoms with Crippen molar-refractivity contribution < 1.29 is 14.7 Å². The second-order valence-electron chi connectivity index (χ2n) is 4.50. The zero-order valence-electron chi connectivity index (χ0n) is 12.0. The van der Waals surface area contributed by atoms with Crippen LogP contribution in [0.1, 0.15) is 37.0 Å². The number of carbonyl (C=O) groups is 2. The number of carboxylic acids is 1. The van der Waals surface area contributed by atoms with Gasteiger partial charge in [-0.25, -0.2) is 4.79 Å². The number of benzene rings is 1. The topological polar surface area (TPSA) is 57.6 Å². The average molecular weight is 295 g/mol. The average Bonchev–Trinajstić information content (AvgIpc) is 2.45. The standard InChI is InChI=1S/C15H21NO3S/c1-3-8-16(9-4-2)14(17)11-20-13-7-5-6-12(10-13)15(18)19/h5-7,10H,3-4,8-9,11H2,1-2H3,(H,18,19). The van der Waals surface area contributed by atoms with Gasteiger partial charge in [0.1, 0.15) is 0 Å². The van der Waals surface area contributed by atoms with Crippen molar-refractivity contribution in [2.24, 2.45) is 0 Å². The van der Waals surface area contributed by atoms with Crippen molar-refractivity contribution in [3.05, 3.63) is 29.8 Å². The van der Waals surface area contributed by atoms with Crippen LogP contribution in [0.2, 0.25) is 0 Å². The SMILES string of the molecule is CCCN(CCC)C(=O)CSc1cccc(C(=O)O)c1. The van der Waals surface area contributed by atoms with Crippen molar-refractivity contribution in [3.8, 4) is 0 Å². The number of hydrogen-bond acceptors (Lipinski definition) is 3. The van der Waals surface area contributed by atoms with Crippen molar-refractivity contribution in [2.45, 2.75) is 31.6 Å². The van der Waals surface area contributed by atoms with Crippen LogP contribution in [0.3, 0.4) is 0 Å². The van der Waals surface area contributed by atoms with E-state index in [1.807, 2.05) is 11.0 Å². The highest BCUT2D eigenvalue weighted by molar-refractivity contribution is 8.00. The molecule has 0 aromatic heterocycles. The molecule has 1 rings (SSSR count). The lowest BCUT2D eigenvalue weighted by atomic mass is 10.2. The highest BCUT2D eigenvalue weighted by Gasteiger charge is 2.12. The molecule has 1 aromatic carbocycles. The van der Waals surface area contributed by atoms with E-state index in [9.17, 15) is 9.59 Å². The van der Waals surface area contributed by atoms with Gasteiger partial charge in [0.2, 0.25) is 5.91 Å². The molecule has 20 heavy (non-hydrogen) atoms. The Morgan fingerprint density at radius 2 is 1.85 bits per heavy atom. The van der Waals surface area contributed by atoms with Gasteiger partial charge in [0.15, 0.2) is 0 Å². The monoisotopic (exact) mass is 295 g/mol. The third-order valence-corrected chi connectivity index (χ3v) is 3.76. The van der Waals surface area contributed by atoms with Gasteiger partial charge in [0.05, 0.1) is 11.3 Å². The molecule has 0 radical (unpaired) electrons. The van der Waals surface area contributed by atoms with Crippen LogP contribution < -0.4 is 0 Å². The zero-order chi connectivity index (χ0) is 15.0. The van der Waals surface area contributed by atoms with Crippen molar-refractivity contribution in [1.29, 1.82) is 0 Å². The lowest BCUT2D eigenvalue weighted by molar-refractivity contribution is -0.128. The molecule has 0 aliphatic carbocycles. The molecule has 0 fully saturated rings. The molecular formula is C15H21NO3S. The Kier molecular flexibility index (Phi) is 7.15. The zero-order valence-corrected chi connectivity index (χ0v) is 12.8. The molecule has 1 aromatic rings. The van der Waals surface area contributed by atoms with E-state index in [2.05, 4.69) is 13.8 Å². The lowest BCUT2D eigenvalue weighted by Gasteiger charge is -2.21. The molecule has 0 aliphatic rings. The number of carboxylic acid groups (broad SMARTS) is 1. The van der Waals surface area contributed by atoms with Crippen LogP contribution in [0.15, 0.2) is 29.2 Å². The van der Waals surface area contributed by atoms with Crippen LogP contribution in [0, 0.1) is 0 Å². The molecule has 110 valence electrons. The molecule has 0 bridgehead atoms. The Bertz CT molecular complexity index is 456. The Balaban J connectivity index is 2.59. The van der Waals surface area contributed by atoms with Crippen molar-refractivity contribution in [1.82, 2.24) is 4.90 Å². The van der Waals surface area contributed by atoms with E-state index in [1.54, 1.807) is 18.2 Å². The maximum absolute atomic E-state index is 12.1. The molecule has 0 heterocycles. The summed E-state index contributed by atoms with van der Waals surface area (Å²) in [6, 6.07) is 6.68. The number of amides is 1. The molecule has 1 N–H and O–H groups in total. The van der Waals surface area contributed by atoms with Gasteiger partial charge in [-0.3, -0.25) is 4.79 Å². The Labute approximate surface area is 124 Å². The minimum Gasteiger partial charge on any atom is -0.478 e. The van der Waals surface area contributed by atoms with Gasteiger partial charge in [-0.15, -0.1) is 11.8 Å². The van der Waals surface area contributed by atoms with Crippen LogP contribution >= 0.6 is 11.8 Å². The number of aromatic carboxylic acids is 1. The van der Waals surface area contributed by atoms with Crippen molar-refractivity contribution >= 4 is 23.6 Å². The quantitative estimate of drug-likeness (QED) is 0.749. The number of carbonyl (C=O) groups excluding carboxylic acids is 1. The van der Waals surface area contributed by atoms with Gasteiger partial charge in [-0.05, 0) is 31.0 Å². The molecule has 0 spiro atoms. The van der Waals surface area contributed by atoms with Crippen molar-refractivity contribution in [3.63, 3.8) is 0 Å². The number of hydrogen-bond donors (Lipinski definition) is 1. The first-order valence-electron chi connectivity index (χ1n) is 6.82. The van der Waals surface area contributed by atoms with E-state index < -0.39 is 5.97 Å². The fourth-order valence-electron chi connectivity index (χ4n) is 1.86. The molecule has 0 saturated heterocycles. The summed E-state index contributed by atoms with van der Waals surface area (Å²) in [6.45, 7) is 5.67. The molecule has 5 heteroatoms. The third-order valence-electron chi connectivity index (χ3n) is 2.78. The van der Waals surface area contributed by atoms with Gasteiger partial charge < -0.3 is 10.0 Å². The fraction of sp³-hybridized carbons (Fsp3) is 0.467. The van der Waals surface area contributed by atoms with E-state index in [-0.39, 0.29) is 11.5 Å². The van der Waals surface area contributed by atoms with E-state index in [4.69, 9.17) is 5.11 Å². The Hall–Kier alpha value is -1.49. The normalized spacial score (nSPS) is 10.3. The summed E-state index contributed by atoms with van der Waals surface area (Å²) in [5.74, 6) is -0.486. The number of rotatable bonds is 8. The largest absolute Gasteiger partial charge is 0.478 e. The van der Waals surface area contributed by atoms with Gasteiger partial charge in [-0.2, -0.15) is 0 Å². The van der Waals surface area contributed by atoms with E-state index in [0.29, 0.717) is 5.75 Å². The highest BCUT2D eigenvalue weighted by Crippen LogP contribution is 2.19. The summed E-state index contributed by atoms with van der Waals surface area (Å²) in [4.78, 5) is 25.7. The smallest absolute Gasteiger partial charge is 0.335 e. The second-order valence-corrected chi connectivity index (χ2v) is 5.55. The molecule has 0 saturated carbocycles. The first-order valence-corrected chi connectivity index (χ1v) is 7.81. The Morgan fingerprint density at radius 1 is 1.20 bits per heavy atom. The predicted octanol–water partition coefficient (Wildman–Crippen LogP) is 3.13. The first-order chi connectivity index (χ1) is 9.58. The summed E-state index contributed by atoms with van der Waals surface area (Å²) in [7, 11) is 0. The minimum absolute atomic E-state index is 0.111. The van der Waals surface area contributed by atoms with Gasteiger partial charge >= 0.3 is 5.97 Å². The summed E-state index contributed by atoms with van der Waals surface area (Å²) in [6.07, 6.45) is 1.90. The summed E-state index contributed by atoms with van der Waals surface area (Å²) < 4.78 is 0. The van der Waals surface area contributed by atoms with Gasteiger partial charge in [-0.1, -0.05) is 19.9 Å². The molecule has 0 unspecified atom stereocenters. The van der Waals surface area contributed by atoms with Gasteiger partial charge in [0, 0.05) is 18.0 Å². The highest BCUT2D eigenvalue weighted by atomic mass is 32.2. The summed E-state index contributed by atoms with van der Waals surface area (Å²) in [5, 5.41) is 8.93. The number of thioether (sulfide) groups is 1. The van der Waals surface area contributed by atoms with E-state index in [1.165, 1.54) is 11.8 Å². The molecular weight excluding hydrogens is 274 g/mol. The van der Waals surface area contributed by atoms with Crippen LogP contribution in [0.5, 0.6) is 0 Å². The molecule has 1 amide bonds. The van der Waals surface area contributed by atoms with Crippen LogP contribution in [-0.2, 0) is 4.79 Å².